The van der Waals surface area contributed by atoms with Crippen molar-refractivity contribution in [2.75, 3.05) is 30.0 Å². The lowest BCUT2D eigenvalue weighted by atomic mass is 10.0. The molecule has 2 heterocycles. The second-order valence-electron chi connectivity index (χ2n) is 7.71. The van der Waals surface area contributed by atoms with Crippen molar-refractivity contribution >= 4 is 29.0 Å². The van der Waals surface area contributed by atoms with Crippen LogP contribution in [0.4, 0.5) is 20.3 Å². The molecule has 0 saturated carbocycles. The molecule has 1 unspecified atom stereocenters. The number of nitrogens with one attached hydrogen (secondary N) is 1. The summed E-state index contributed by atoms with van der Waals surface area (Å²) in [6.45, 7) is -0.495. The predicted octanol–water partition coefficient (Wildman–Crippen LogP) is 4.41. The molecule has 2 aromatic carbocycles. The van der Waals surface area contributed by atoms with E-state index in [1.54, 1.807) is 30.3 Å². The molecule has 1 aromatic heterocycles. The van der Waals surface area contributed by atoms with Crippen LogP contribution in [0.5, 0.6) is 0 Å². The molecule has 1 aliphatic rings. The first-order valence-electron chi connectivity index (χ1n) is 10.3. The van der Waals surface area contributed by atoms with Gasteiger partial charge in [0.25, 0.3) is 5.91 Å². The molecule has 1 aliphatic heterocycles. The van der Waals surface area contributed by atoms with Crippen molar-refractivity contribution in [3.8, 4) is 0 Å². The molecule has 0 bridgehead atoms. The largest absolute Gasteiger partial charge is 0.389 e. The average Bonchev–Trinajstić information content (AvgIpc) is 3.25. The van der Waals surface area contributed by atoms with Gasteiger partial charge in [0.05, 0.1) is 6.54 Å². The van der Waals surface area contributed by atoms with E-state index in [2.05, 4.69) is 10.3 Å². The van der Waals surface area contributed by atoms with Crippen LogP contribution < -0.4 is 10.2 Å². The Bertz CT molecular complexity index is 1120. The maximum absolute atomic E-state index is 13.7. The number of carbonyl (C=O) groups excluding carboxylic acids is 1. The van der Waals surface area contributed by atoms with Gasteiger partial charge in [0.15, 0.2) is 0 Å². The molecule has 166 valence electrons. The lowest BCUT2D eigenvalue weighted by Crippen LogP contribution is -2.39. The fourth-order valence-electron chi connectivity index (χ4n) is 3.90. The third kappa shape index (κ3) is 4.89. The Kier molecular flexibility index (Phi) is 6.67. The van der Waals surface area contributed by atoms with Crippen molar-refractivity contribution in [3.05, 3.63) is 87.8 Å². The number of carbonyl (C=O) groups is 1. The monoisotopic (exact) mass is 457 g/mol. The van der Waals surface area contributed by atoms with Crippen LogP contribution in [-0.4, -0.2) is 41.9 Å². The summed E-state index contributed by atoms with van der Waals surface area (Å²) in [5.74, 6) is -0.515. The first-order chi connectivity index (χ1) is 15.4. The van der Waals surface area contributed by atoms with Gasteiger partial charge < -0.3 is 10.4 Å². The lowest BCUT2D eigenvalue weighted by Gasteiger charge is -2.25. The van der Waals surface area contributed by atoms with E-state index in [4.69, 9.17) is 11.6 Å². The Balaban J connectivity index is 1.67. The van der Waals surface area contributed by atoms with Gasteiger partial charge in [-0.25, -0.2) is 13.8 Å². The van der Waals surface area contributed by atoms with E-state index in [1.807, 2.05) is 6.07 Å². The molecular weight excluding hydrogens is 436 g/mol. The number of hydrogen-bond donors (Lipinski definition) is 2. The number of anilines is 2. The van der Waals surface area contributed by atoms with Crippen LogP contribution in [0.25, 0.3) is 0 Å². The summed E-state index contributed by atoms with van der Waals surface area (Å²) in [5, 5.41) is 13.5. The summed E-state index contributed by atoms with van der Waals surface area (Å²) in [6, 6.07) is 13.1. The van der Waals surface area contributed by atoms with E-state index in [-0.39, 0.29) is 18.3 Å². The minimum Gasteiger partial charge on any atom is -0.389 e. The Morgan fingerprint density at radius 2 is 2.06 bits per heavy atom. The number of amides is 1. The topological polar surface area (TPSA) is 65.5 Å². The molecule has 0 saturated heterocycles. The summed E-state index contributed by atoms with van der Waals surface area (Å²) in [7, 11) is 0. The molecule has 0 fully saturated rings. The fraction of sp³-hybridized carbons (Fsp3) is 0.250. The van der Waals surface area contributed by atoms with Crippen LogP contribution in [0, 0.1) is 5.82 Å². The van der Waals surface area contributed by atoms with Gasteiger partial charge in [-0.1, -0.05) is 17.7 Å². The van der Waals surface area contributed by atoms with Crippen molar-refractivity contribution in [3.63, 3.8) is 0 Å². The molecule has 32 heavy (non-hydrogen) atoms. The van der Waals surface area contributed by atoms with E-state index in [9.17, 15) is 18.7 Å². The molecule has 0 spiro atoms. The Hall–Kier alpha value is -3.03. The van der Waals surface area contributed by atoms with E-state index in [0.29, 0.717) is 29.0 Å². The highest BCUT2D eigenvalue weighted by molar-refractivity contribution is 6.30. The number of hydrogen-bond acceptors (Lipinski definition) is 4. The molecule has 1 atom stereocenters. The average molecular weight is 458 g/mol. The zero-order valence-corrected chi connectivity index (χ0v) is 17.9. The second kappa shape index (κ2) is 9.63. The van der Waals surface area contributed by atoms with E-state index < -0.39 is 18.6 Å². The molecular formula is C24H22ClF2N3O2. The first-order valence-corrected chi connectivity index (χ1v) is 10.6. The Morgan fingerprint density at radius 3 is 2.84 bits per heavy atom. The van der Waals surface area contributed by atoms with Crippen molar-refractivity contribution in [1.29, 1.82) is 0 Å². The Morgan fingerprint density at radius 1 is 1.22 bits per heavy atom. The summed E-state index contributed by atoms with van der Waals surface area (Å²) in [6.07, 6.45) is 1.25. The van der Waals surface area contributed by atoms with Gasteiger partial charge in [0, 0.05) is 29.0 Å². The van der Waals surface area contributed by atoms with E-state index in [0.717, 1.165) is 23.4 Å². The number of rotatable bonds is 7. The number of aliphatic hydroxyl groups is 1. The van der Waals surface area contributed by atoms with Gasteiger partial charge in [-0.05, 0) is 72.0 Å². The number of alkyl halides is 1. The van der Waals surface area contributed by atoms with Gasteiger partial charge in [-0.2, -0.15) is 0 Å². The maximum Gasteiger partial charge on any atom is 0.259 e. The third-order valence-corrected chi connectivity index (χ3v) is 5.55. The quantitative estimate of drug-likeness (QED) is 0.551. The first kappa shape index (κ1) is 22.2. The number of fused-ring (bicyclic) bond motifs is 1. The third-order valence-electron chi connectivity index (χ3n) is 5.33. The van der Waals surface area contributed by atoms with Crippen molar-refractivity contribution in [2.24, 2.45) is 0 Å². The van der Waals surface area contributed by atoms with Gasteiger partial charge in [-0.15, -0.1) is 0 Å². The number of benzene rings is 2. The zero-order valence-electron chi connectivity index (χ0n) is 17.2. The van der Waals surface area contributed by atoms with E-state index >= 15 is 0 Å². The second-order valence-corrected chi connectivity index (χ2v) is 8.15. The van der Waals surface area contributed by atoms with Gasteiger partial charge in [-0.3, -0.25) is 9.69 Å². The number of halogens is 3. The van der Waals surface area contributed by atoms with Crippen LogP contribution in [0.3, 0.4) is 0 Å². The number of aromatic nitrogens is 1. The van der Waals surface area contributed by atoms with Crippen LogP contribution in [-0.2, 0) is 12.8 Å². The van der Waals surface area contributed by atoms with Crippen molar-refractivity contribution in [2.45, 2.75) is 18.9 Å². The molecule has 3 aromatic rings. The van der Waals surface area contributed by atoms with Crippen molar-refractivity contribution in [1.82, 2.24) is 4.98 Å². The van der Waals surface area contributed by atoms with Gasteiger partial charge in [0.2, 0.25) is 0 Å². The molecule has 0 aliphatic carbocycles. The highest BCUT2D eigenvalue weighted by Gasteiger charge is 2.26. The van der Waals surface area contributed by atoms with E-state index in [1.165, 1.54) is 23.2 Å². The summed E-state index contributed by atoms with van der Waals surface area (Å²) < 4.78 is 26.8. The standard InChI is InChI=1S/C24H22ClF2N3O2/c25-17-9-16(10-18(27)12-17)8-15-4-6-29-23(11-15)30(14-19(31)13-26)24(32)21-2-1-3-22-20(21)5-7-28-22/h1-4,6,9-12,19,28,31H,5,7-8,13-14H2. The molecule has 5 nitrogen and oxygen atoms in total. The number of pyridine rings is 1. The summed E-state index contributed by atoms with van der Waals surface area (Å²) in [5.41, 5.74) is 3.71. The normalized spacial score (nSPS) is 13.4. The number of nitrogens with zero attached hydrogens (tertiary/aromatic N) is 2. The Labute approximate surface area is 189 Å². The highest BCUT2D eigenvalue weighted by atomic mass is 35.5. The maximum atomic E-state index is 13.7. The van der Waals surface area contributed by atoms with Crippen molar-refractivity contribution < 1.29 is 18.7 Å². The van der Waals surface area contributed by atoms with Crippen LogP contribution in [0.15, 0.2) is 54.7 Å². The smallest absolute Gasteiger partial charge is 0.259 e. The van der Waals surface area contributed by atoms with Gasteiger partial charge >= 0.3 is 0 Å². The molecule has 0 radical (unpaired) electrons. The summed E-state index contributed by atoms with van der Waals surface area (Å²) in [4.78, 5) is 19.1. The lowest BCUT2D eigenvalue weighted by molar-refractivity contribution is 0.0945. The molecule has 4 rings (SSSR count). The van der Waals surface area contributed by atoms with Crippen LogP contribution in [0.1, 0.15) is 27.0 Å². The molecule has 1 amide bonds. The fourth-order valence-corrected chi connectivity index (χ4v) is 4.14. The molecule has 2 N–H and O–H groups in total. The number of aliphatic hydroxyl groups excluding tert-OH is 1. The van der Waals surface area contributed by atoms with Gasteiger partial charge in [0.1, 0.15) is 24.4 Å². The minimum atomic E-state index is -1.35. The SMILES string of the molecule is O=C(c1cccc2c1CCN2)N(CC(O)CF)c1cc(Cc2cc(F)cc(Cl)c2)ccn1. The van der Waals surface area contributed by atoms with Crippen LogP contribution in [0.2, 0.25) is 5.02 Å². The summed E-state index contributed by atoms with van der Waals surface area (Å²) >= 11 is 5.95. The highest BCUT2D eigenvalue weighted by Crippen LogP contribution is 2.28. The zero-order chi connectivity index (χ0) is 22.7. The molecule has 8 heteroatoms. The van der Waals surface area contributed by atoms with Crippen LogP contribution >= 0.6 is 11.6 Å². The minimum absolute atomic E-state index is 0.241. The predicted molar refractivity (Wildman–Crippen MR) is 121 cm³/mol.